The molecule has 0 amide bonds. The summed E-state index contributed by atoms with van der Waals surface area (Å²) in [5.41, 5.74) is 3.94. The van der Waals surface area contributed by atoms with Gasteiger partial charge in [0.05, 0.1) is 0 Å². The van der Waals surface area contributed by atoms with Crippen LogP contribution in [0.2, 0.25) is 0 Å². The number of aromatic carboxylic acids is 1. The summed E-state index contributed by atoms with van der Waals surface area (Å²) >= 11 is 0. The Morgan fingerprint density at radius 3 is 2.72 bits per heavy atom. The molecule has 18 heavy (non-hydrogen) atoms. The second kappa shape index (κ2) is 4.76. The Kier molecular flexibility index (Phi) is 3.12. The number of carbonyl (C=O) groups is 1. The van der Waals surface area contributed by atoms with Crippen LogP contribution in [0, 0.1) is 0 Å². The van der Waals surface area contributed by atoms with Crippen molar-refractivity contribution in [3.8, 4) is 0 Å². The van der Waals surface area contributed by atoms with E-state index in [2.05, 4.69) is 10.3 Å². The van der Waals surface area contributed by atoms with Gasteiger partial charge in [0.15, 0.2) is 0 Å². The fourth-order valence-corrected chi connectivity index (χ4v) is 3.46. The number of carboxylic acids is 1. The van der Waals surface area contributed by atoms with Crippen molar-refractivity contribution < 1.29 is 9.90 Å². The van der Waals surface area contributed by atoms with Crippen LogP contribution in [-0.4, -0.2) is 22.6 Å². The van der Waals surface area contributed by atoms with Crippen LogP contribution in [0.1, 0.15) is 65.3 Å². The number of hydrogen-bond acceptors (Lipinski definition) is 2. The van der Waals surface area contributed by atoms with Gasteiger partial charge in [0.2, 0.25) is 0 Å². The Balaban J connectivity index is 2.03. The van der Waals surface area contributed by atoms with Crippen molar-refractivity contribution in [1.82, 2.24) is 10.3 Å². The maximum absolute atomic E-state index is 11.4. The van der Waals surface area contributed by atoms with Crippen LogP contribution in [0.25, 0.3) is 0 Å². The Morgan fingerprint density at radius 1 is 1.22 bits per heavy atom. The highest BCUT2D eigenvalue weighted by Gasteiger charge is 2.29. The smallest absolute Gasteiger partial charge is 0.352 e. The van der Waals surface area contributed by atoms with E-state index in [1.54, 1.807) is 0 Å². The van der Waals surface area contributed by atoms with E-state index in [1.807, 2.05) is 0 Å². The van der Waals surface area contributed by atoms with Gasteiger partial charge >= 0.3 is 5.97 Å². The van der Waals surface area contributed by atoms with Crippen molar-refractivity contribution in [2.75, 3.05) is 6.54 Å². The first-order chi connectivity index (χ1) is 8.77. The molecule has 1 aromatic rings. The minimum absolute atomic E-state index is 0.449. The third-order valence-electron chi connectivity index (χ3n) is 4.32. The van der Waals surface area contributed by atoms with Gasteiger partial charge in [-0.3, -0.25) is 0 Å². The van der Waals surface area contributed by atoms with Crippen molar-refractivity contribution in [2.45, 2.75) is 51.0 Å². The summed E-state index contributed by atoms with van der Waals surface area (Å²) in [5, 5.41) is 12.8. The molecular weight excluding hydrogens is 228 g/mol. The van der Waals surface area contributed by atoms with E-state index in [9.17, 15) is 9.90 Å². The molecule has 0 saturated heterocycles. The summed E-state index contributed by atoms with van der Waals surface area (Å²) in [6.07, 6.45) is 6.97. The monoisotopic (exact) mass is 248 g/mol. The van der Waals surface area contributed by atoms with Crippen molar-refractivity contribution in [3.05, 3.63) is 22.5 Å². The zero-order chi connectivity index (χ0) is 12.5. The van der Waals surface area contributed by atoms with Crippen molar-refractivity contribution in [1.29, 1.82) is 0 Å². The van der Waals surface area contributed by atoms with Crippen molar-refractivity contribution >= 4 is 5.97 Å². The van der Waals surface area contributed by atoms with Crippen molar-refractivity contribution in [2.24, 2.45) is 0 Å². The molecule has 4 heteroatoms. The summed E-state index contributed by atoms with van der Waals surface area (Å²) in [6, 6.07) is 0. The lowest BCUT2D eigenvalue weighted by Gasteiger charge is -2.24. The minimum Gasteiger partial charge on any atom is -0.477 e. The Bertz CT molecular complexity index is 459. The normalized spacial score (nSPS) is 20.7. The lowest BCUT2D eigenvalue weighted by atomic mass is 9.81. The Labute approximate surface area is 107 Å². The van der Waals surface area contributed by atoms with E-state index in [4.69, 9.17) is 0 Å². The number of H-pyrrole nitrogens is 1. The molecule has 1 saturated carbocycles. The molecule has 1 fully saturated rings. The molecule has 0 spiro atoms. The highest BCUT2D eigenvalue weighted by Crippen LogP contribution is 2.38. The number of hydrogen-bond donors (Lipinski definition) is 3. The van der Waals surface area contributed by atoms with E-state index in [0.717, 1.165) is 43.6 Å². The first kappa shape index (κ1) is 11.8. The molecule has 3 rings (SSSR count). The minimum atomic E-state index is -0.801. The van der Waals surface area contributed by atoms with E-state index < -0.39 is 5.97 Å². The number of fused-ring (bicyclic) bond motifs is 1. The first-order valence-electron chi connectivity index (χ1n) is 6.95. The maximum atomic E-state index is 11.4. The third-order valence-corrected chi connectivity index (χ3v) is 4.32. The molecule has 0 bridgehead atoms. The predicted octanol–water partition coefficient (Wildman–Crippen LogP) is 2.41. The molecule has 0 radical (unpaired) electrons. The summed E-state index contributed by atoms with van der Waals surface area (Å²) < 4.78 is 0. The lowest BCUT2D eigenvalue weighted by molar-refractivity contribution is 0.0689. The number of aromatic amines is 1. The number of rotatable bonds is 2. The van der Waals surface area contributed by atoms with E-state index in [1.165, 1.54) is 24.8 Å². The molecular formula is C14H20N2O2. The summed E-state index contributed by atoms with van der Waals surface area (Å²) in [7, 11) is 0. The van der Waals surface area contributed by atoms with Gasteiger partial charge in [0, 0.05) is 25.2 Å². The lowest BCUT2D eigenvalue weighted by Crippen LogP contribution is -2.24. The molecule has 1 aliphatic heterocycles. The standard InChI is InChI=1S/C14H20N2O2/c17-14(18)13-12(9-4-2-1-3-5-9)10-8-15-7-6-11(10)16-13/h9,15-16H,1-8H2,(H,17,18). The maximum Gasteiger partial charge on any atom is 0.352 e. The van der Waals surface area contributed by atoms with Gasteiger partial charge in [-0.25, -0.2) is 4.79 Å². The average Bonchev–Trinajstić information content (AvgIpc) is 2.79. The third kappa shape index (κ3) is 1.94. The molecule has 1 aromatic heterocycles. The van der Waals surface area contributed by atoms with Crippen LogP contribution < -0.4 is 5.32 Å². The largest absolute Gasteiger partial charge is 0.477 e. The van der Waals surface area contributed by atoms with Gasteiger partial charge in [-0.15, -0.1) is 0 Å². The molecule has 0 unspecified atom stereocenters. The highest BCUT2D eigenvalue weighted by atomic mass is 16.4. The van der Waals surface area contributed by atoms with Gasteiger partial charge in [-0.2, -0.15) is 0 Å². The van der Waals surface area contributed by atoms with Crippen molar-refractivity contribution in [3.63, 3.8) is 0 Å². The van der Waals surface area contributed by atoms with Gasteiger partial charge in [0.1, 0.15) is 5.69 Å². The van der Waals surface area contributed by atoms with Gasteiger partial charge < -0.3 is 15.4 Å². The van der Waals surface area contributed by atoms with Crippen LogP contribution in [-0.2, 0) is 13.0 Å². The zero-order valence-electron chi connectivity index (χ0n) is 10.6. The molecule has 2 aliphatic rings. The van der Waals surface area contributed by atoms with Crippen LogP contribution >= 0.6 is 0 Å². The second-order valence-electron chi connectivity index (χ2n) is 5.44. The fourth-order valence-electron chi connectivity index (χ4n) is 3.46. The number of nitrogens with one attached hydrogen (secondary N) is 2. The molecule has 4 nitrogen and oxygen atoms in total. The summed E-state index contributed by atoms with van der Waals surface area (Å²) in [5.74, 6) is -0.352. The first-order valence-corrected chi connectivity index (χ1v) is 6.95. The SMILES string of the molecule is O=C(O)c1[nH]c2c(c1C1CCCCC1)CNCC2. The Morgan fingerprint density at radius 2 is 2.00 bits per heavy atom. The zero-order valence-corrected chi connectivity index (χ0v) is 10.6. The van der Waals surface area contributed by atoms with Gasteiger partial charge in [0.25, 0.3) is 0 Å². The quantitative estimate of drug-likeness (QED) is 0.753. The molecule has 2 heterocycles. The van der Waals surface area contributed by atoms with Crippen LogP contribution in [0.4, 0.5) is 0 Å². The van der Waals surface area contributed by atoms with E-state index in [-0.39, 0.29) is 0 Å². The number of carboxylic acid groups (broad SMARTS) is 1. The van der Waals surface area contributed by atoms with E-state index in [0.29, 0.717) is 11.6 Å². The van der Waals surface area contributed by atoms with Gasteiger partial charge in [-0.1, -0.05) is 19.3 Å². The molecule has 0 atom stereocenters. The highest BCUT2D eigenvalue weighted by molar-refractivity contribution is 5.88. The topological polar surface area (TPSA) is 65.1 Å². The number of aromatic nitrogens is 1. The molecule has 98 valence electrons. The van der Waals surface area contributed by atoms with Crippen LogP contribution in [0.5, 0.6) is 0 Å². The molecule has 0 aromatic carbocycles. The second-order valence-corrected chi connectivity index (χ2v) is 5.44. The molecule has 1 aliphatic carbocycles. The fraction of sp³-hybridized carbons (Fsp3) is 0.643. The predicted molar refractivity (Wildman–Crippen MR) is 69.0 cm³/mol. The van der Waals surface area contributed by atoms with Crippen LogP contribution in [0.3, 0.4) is 0 Å². The summed E-state index contributed by atoms with van der Waals surface area (Å²) in [6.45, 7) is 1.77. The molecule has 3 N–H and O–H groups in total. The van der Waals surface area contributed by atoms with Gasteiger partial charge in [-0.05, 0) is 29.9 Å². The van der Waals surface area contributed by atoms with Crippen LogP contribution in [0.15, 0.2) is 0 Å². The van der Waals surface area contributed by atoms with E-state index >= 15 is 0 Å². The average molecular weight is 248 g/mol. The summed E-state index contributed by atoms with van der Waals surface area (Å²) in [4.78, 5) is 14.6. The Hall–Kier alpha value is -1.29.